The third-order valence-corrected chi connectivity index (χ3v) is 2.51. The van der Waals surface area contributed by atoms with Crippen molar-refractivity contribution >= 4 is 5.91 Å². The summed E-state index contributed by atoms with van der Waals surface area (Å²) in [6.07, 6.45) is 0.990. The second-order valence-electron chi connectivity index (χ2n) is 3.71. The summed E-state index contributed by atoms with van der Waals surface area (Å²) in [5, 5.41) is 11.8. The maximum atomic E-state index is 10.8. The molecule has 2 N–H and O–H groups in total. The van der Waals surface area contributed by atoms with Gasteiger partial charge in [-0.05, 0) is 13.3 Å². The van der Waals surface area contributed by atoms with Crippen LogP contribution in [0.1, 0.15) is 20.3 Å². The number of carbonyl (C=O) groups excluding carboxylic acids is 1. The molecule has 0 saturated carbocycles. The van der Waals surface area contributed by atoms with Crippen molar-refractivity contribution in [3.8, 4) is 0 Å². The summed E-state index contributed by atoms with van der Waals surface area (Å²) >= 11 is 0. The molecule has 0 bridgehead atoms. The van der Waals surface area contributed by atoms with Crippen molar-refractivity contribution in [1.82, 2.24) is 10.2 Å². The quantitative estimate of drug-likeness (QED) is 0.629. The van der Waals surface area contributed by atoms with E-state index in [1.165, 1.54) is 6.92 Å². The number of hydrogen-bond acceptors (Lipinski definition) is 3. The second-order valence-corrected chi connectivity index (χ2v) is 3.71. The van der Waals surface area contributed by atoms with Crippen LogP contribution in [0.25, 0.3) is 0 Å². The lowest BCUT2D eigenvalue weighted by atomic mass is 10.2. The molecule has 0 aromatic rings. The van der Waals surface area contributed by atoms with Gasteiger partial charge in [0.05, 0.1) is 6.61 Å². The Bertz CT molecular complexity index is 184. The van der Waals surface area contributed by atoms with Crippen molar-refractivity contribution in [2.24, 2.45) is 0 Å². The van der Waals surface area contributed by atoms with Crippen molar-refractivity contribution in [3.63, 3.8) is 0 Å². The average molecular weight is 186 g/mol. The van der Waals surface area contributed by atoms with E-state index in [1.807, 2.05) is 6.92 Å². The number of nitrogens with zero attached hydrogens (tertiary/aromatic N) is 1. The Hall–Kier alpha value is -0.610. The first-order valence-electron chi connectivity index (χ1n) is 4.75. The Morgan fingerprint density at radius 1 is 1.77 bits per heavy atom. The zero-order valence-electron chi connectivity index (χ0n) is 8.29. The summed E-state index contributed by atoms with van der Waals surface area (Å²) < 4.78 is 0. The SMILES string of the molecule is CC(=O)NC1CCN(C(C)CO)C1. The number of hydrogen-bond donors (Lipinski definition) is 2. The van der Waals surface area contributed by atoms with Gasteiger partial charge in [0.25, 0.3) is 0 Å². The lowest BCUT2D eigenvalue weighted by Crippen LogP contribution is -2.39. The van der Waals surface area contributed by atoms with Gasteiger partial charge in [-0.25, -0.2) is 0 Å². The molecule has 0 spiro atoms. The van der Waals surface area contributed by atoms with E-state index in [0.717, 1.165) is 19.5 Å². The van der Waals surface area contributed by atoms with Gasteiger partial charge in [-0.1, -0.05) is 0 Å². The Kier molecular flexibility index (Phi) is 3.69. The summed E-state index contributed by atoms with van der Waals surface area (Å²) in [7, 11) is 0. The van der Waals surface area contributed by atoms with E-state index in [1.54, 1.807) is 0 Å². The van der Waals surface area contributed by atoms with Crippen molar-refractivity contribution in [3.05, 3.63) is 0 Å². The fourth-order valence-electron chi connectivity index (χ4n) is 1.71. The standard InChI is InChI=1S/C9H18N2O2/c1-7(6-12)11-4-3-9(5-11)10-8(2)13/h7,9,12H,3-6H2,1-2H3,(H,10,13). The molecule has 1 aliphatic heterocycles. The molecule has 0 aromatic carbocycles. The molecule has 4 nitrogen and oxygen atoms in total. The Balaban J connectivity index is 2.31. The van der Waals surface area contributed by atoms with Gasteiger partial charge in [0.1, 0.15) is 0 Å². The molecule has 13 heavy (non-hydrogen) atoms. The number of likely N-dealkylation sites (tertiary alicyclic amines) is 1. The van der Waals surface area contributed by atoms with Crippen molar-refractivity contribution in [2.45, 2.75) is 32.4 Å². The van der Waals surface area contributed by atoms with Crippen LogP contribution in [0.15, 0.2) is 0 Å². The lowest BCUT2D eigenvalue weighted by Gasteiger charge is -2.22. The molecule has 1 saturated heterocycles. The van der Waals surface area contributed by atoms with Crippen molar-refractivity contribution in [1.29, 1.82) is 0 Å². The number of aliphatic hydroxyl groups is 1. The van der Waals surface area contributed by atoms with Gasteiger partial charge in [0.15, 0.2) is 0 Å². The van der Waals surface area contributed by atoms with Gasteiger partial charge in [0.2, 0.25) is 5.91 Å². The normalized spacial score (nSPS) is 25.9. The minimum Gasteiger partial charge on any atom is -0.395 e. The molecular weight excluding hydrogens is 168 g/mol. The minimum absolute atomic E-state index is 0.0310. The van der Waals surface area contributed by atoms with E-state index in [-0.39, 0.29) is 24.6 Å². The number of rotatable bonds is 3. The van der Waals surface area contributed by atoms with Gasteiger partial charge in [-0.3, -0.25) is 9.69 Å². The summed E-state index contributed by atoms with van der Waals surface area (Å²) in [6, 6.07) is 0.477. The van der Waals surface area contributed by atoms with E-state index >= 15 is 0 Å². The molecular formula is C9H18N2O2. The third kappa shape index (κ3) is 2.97. The Morgan fingerprint density at radius 2 is 2.46 bits per heavy atom. The predicted octanol–water partition coefficient (Wildman–Crippen LogP) is -0.422. The maximum Gasteiger partial charge on any atom is 0.217 e. The topological polar surface area (TPSA) is 52.6 Å². The van der Waals surface area contributed by atoms with E-state index in [0.29, 0.717) is 0 Å². The first kappa shape index (κ1) is 10.5. The Labute approximate surface area is 78.9 Å². The molecule has 1 amide bonds. The summed E-state index contributed by atoms with van der Waals surface area (Å²) in [6.45, 7) is 5.55. The molecule has 4 heteroatoms. The first-order chi connectivity index (χ1) is 6.13. The smallest absolute Gasteiger partial charge is 0.217 e. The monoisotopic (exact) mass is 186 g/mol. The second kappa shape index (κ2) is 4.58. The fourth-order valence-corrected chi connectivity index (χ4v) is 1.71. The van der Waals surface area contributed by atoms with Crippen LogP contribution in [0.3, 0.4) is 0 Å². The third-order valence-electron chi connectivity index (χ3n) is 2.51. The van der Waals surface area contributed by atoms with Crippen LogP contribution in [0.2, 0.25) is 0 Å². The minimum atomic E-state index is 0.0310. The molecule has 2 unspecified atom stereocenters. The van der Waals surface area contributed by atoms with Crippen LogP contribution < -0.4 is 5.32 Å². The summed E-state index contributed by atoms with van der Waals surface area (Å²) in [4.78, 5) is 13.0. The lowest BCUT2D eigenvalue weighted by molar-refractivity contribution is -0.119. The van der Waals surface area contributed by atoms with E-state index < -0.39 is 0 Å². The van der Waals surface area contributed by atoms with E-state index in [2.05, 4.69) is 10.2 Å². The van der Waals surface area contributed by atoms with Gasteiger partial charge >= 0.3 is 0 Å². The molecule has 1 aliphatic rings. The van der Waals surface area contributed by atoms with Crippen molar-refractivity contribution in [2.75, 3.05) is 19.7 Å². The molecule has 1 rings (SSSR count). The van der Waals surface area contributed by atoms with Gasteiger partial charge in [-0.15, -0.1) is 0 Å². The van der Waals surface area contributed by atoms with Gasteiger partial charge < -0.3 is 10.4 Å². The Morgan fingerprint density at radius 3 is 3.00 bits per heavy atom. The molecule has 0 radical (unpaired) electrons. The van der Waals surface area contributed by atoms with Crippen LogP contribution in [-0.2, 0) is 4.79 Å². The molecule has 0 aliphatic carbocycles. The summed E-state index contributed by atoms with van der Waals surface area (Å²) in [5.41, 5.74) is 0. The van der Waals surface area contributed by atoms with Crippen molar-refractivity contribution < 1.29 is 9.90 Å². The number of nitrogens with one attached hydrogen (secondary N) is 1. The highest BCUT2D eigenvalue weighted by molar-refractivity contribution is 5.73. The highest BCUT2D eigenvalue weighted by Crippen LogP contribution is 2.12. The van der Waals surface area contributed by atoms with Gasteiger partial charge in [0, 0.05) is 32.1 Å². The van der Waals surface area contributed by atoms with Crippen LogP contribution >= 0.6 is 0 Å². The fraction of sp³-hybridized carbons (Fsp3) is 0.889. The largest absolute Gasteiger partial charge is 0.395 e. The number of amides is 1. The molecule has 1 heterocycles. The highest BCUT2D eigenvalue weighted by atomic mass is 16.3. The molecule has 1 fully saturated rings. The van der Waals surface area contributed by atoms with E-state index in [9.17, 15) is 4.79 Å². The molecule has 76 valence electrons. The number of aliphatic hydroxyl groups excluding tert-OH is 1. The van der Waals surface area contributed by atoms with Gasteiger partial charge in [-0.2, -0.15) is 0 Å². The van der Waals surface area contributed by atoms with Crippen LogP contribution in [0, 0.1) is 0 Å². The zero-order chi connectivity index (χ0) is 9.84. The average Bonchev–Trinajstić information content (AvgIpc) is 2.50. The summed E-state index contributed by atoms with van der Waals surface area (Å²) in [5.74, 6) is 0.0310. The number of carbonyl (C=O) groups is 1. The van der Waals surface area contributed by atoms with Crippen LogP contribution in [0.5, 0.6) is 0 Å². The predicted molar refractivity (Wildman–Crippen MR) is 50.3 cm³/mol. The first-order valence-corrected chi connectivity index (χ1v) is 4.75. The zero-order valence-corrected chi connectivity index (χ0v) is 8.29. The van der Waals surface area contributed by atoms with E-state index in [4.69, 9.17) is 5.11 Å². The molecule has 2 atom stereocenters. The molecule has 0 aromatic heterocycles. The van der Waals surface area contributed by atoms with Crippen LogP contribution in [0.4, 0.5) is 0 Å². The highest BCUT2D eigenvalue weighted by Gasteiger charge is 2.25. The van der Waals surface area contributed by atoms with Crippen LogP contribution in [-0.4, -0.2) is 47.7 Å². The maximum absolute atomic E-state index is 10.8.